The van der Waals surface area contributed by atoms with Crippen LogP contribution in [0.5, 0.6) is 0 Å². The van der Waals surface area contributed by atoms with E-state index in [2.05, 4.69) is 0 Å². The van der Waals surface area contributed by atoms with Gasteiger partial charge in [0.25, 0.3) is 10.2 Å². The zero-order valence-corrected chi connectivity index (χ0v) is 13.1. The summed E-state index contributed by atoms with van der Waals surface area (Å²) in [6.45, 7) is 7.70. The summed E-state index contributed by atoms with van der Waals surface area (Å²) in [7, 11) is -3.45. The van der Waals surface area contributed by atoms with Gasteiger partial charge in [0.15, 0.2) is 0 Å². The van der Waals surface area contributed by atoms with E-state index in [9.17, 15) is 13.2 Å². The lowest BCUT2D eigenvalue weighted by Gasteiger charge is -2.40. The van der Waals surface area contributed by atoms with E-state index < -0.39 is 10.2 Å². The van der Waals surface area contributed by atoms with Gasteiger partial charge in [-0.3, -0.25) is 4.79 Å². The lowest BCUT2D eigenvalue weighted by molar-refractivity contribution is -0.130. The predicted octanol–water partition coefficient (Wildman–Crippen LogP) is -0.495. The van der Waals surface area contributed by atoms with Crippen molar-refractivity contribution in [3.63, 3.8) is 0 Å². The molecule has 0 radical (unpaired) electrons. The van der Waals surface area contributed by atoms with Gasteiger partial charge in [0.1, 0.15) is 0 Å². The van der Waals surface area contributed by atoms with Crippen LogP contribution in [0.2, 0.25) is 0 Å². The van der Waals surface area contributed by atoms with Crippen molar-refractivity contribution in [2.75, 3.05) is 39.3 Å². The van der Waals surface area contributed by atoms with E-state index in [4.69, 9.17) is 4.74 Å². The first-order chi connectivity index (χ1) is 9.30. The fourth-order valence-electron chi connectivity index (χ4n) is 2.72. The average molecular weight is 305 g/mol. The first-order valence-corrected chi connectivity index (χ1v) is 8.36. The molecule has 0 N–H and O–H groups in total. The predicted molar refractivity (Wildman–Crippen MR) is 74.3 cm³/mol. The number of amides is 1. The van der Waals surface area contributed by atoms with Crippen LogP contribution < -0.4 is 0 Å². The van der Waals surface area contributed by atoms with E-state index in [-0.39, 0.29) is 18.1 Å². The number of carbonyl (C=O) groups is 1. The van der Waals surface area contributed by atoms with E-state index in [0.717, 1.165) is 0 Å². The molecule has 2 fully saturated rings. The molecule has 0 spiro atoms. The van der Waals surface area contributed by atoms with Gasteiger partial charge in [0.05, 0.1) is 12.2 Å². The molecule has 0 bridgehead atoms. The molecule has 1 amide bonds. The molecule has 2 rings (SSSR count). The van der Waals surface area contributed by atoms with Crippen LogP contribution in [0, 0.1) is 0 Å². The van der Waals surface area contributed by atoms with Gasteiger partial charge in [0.2, 0.25) is 5.91 Å². The standard InChI is InChI=1S/C12H23N3O4S/c1-10-8-15(9-11(2)19-10)20(17,18)14-6-4-13(5-7-14)12(3)16/h10-11H,4-9H2,1-3H3. The molecule has 0 saturated carbocycles. The van der Waals surface area contributed by atoms with Crippen molar-refractivity contribution in [3.8, 4) is 0 Å². The molecule has 0 aliphatic carbocycles. The molecule has 2 aliphatic heterocycles. The summed E-state index contributed by atoms with van der Waals surface area (Å²) < 4.78 is 33.7. The number of rotatable bonds is 2. The molecule has 116 valence electrons. The van der Waals surface area contributed by atoms with Crippen molar-refractivity contribution in [2.45, 2.75) is 33.0 Å². The lowest BCUT2D eigenvalue weighted by atomic mass is 10.3. The number of nitrogens with zero attached hydrogens (tertiary/aromatic N) is 3. The zero-order chi connectivity index (χ0) is 14.9. The molecule has 8 heteroatoms. The van der Waals surface area contributed by atoms with Gasteiger partial charge < -0.3 is 9.64 Å². The minimum atomic E-state index is -3.45. The quantitative estimate of drug-likeness (QED) is 0.690. The molecule has 0 aromatic heterocycles. The second kappa shape index (κ2) is 5.97. The highest BCUT2D eigenvalue weighted by molar-refractivity contribution is 7.86. The summed E-state index contributed by atoms with van der Waals surface area (Å²) in [6.07, 6.45) is -0.181. The first kappa shape index (κ1) is 15.7. The smallest absolute Gasteiger partial charge is 0.282 e. The Morgan fingerprint density at radius 1 is 1.00 bits per heavy atom. The Hall–Kier alpha value is -0.700. The Labute approximate surface area is 120 Å². The highest BCUT2D eigenvalue weighted by Crippen LogP contribution is 2.18. The minimum absolute atomic E-state index is 0.00401. The van der Waals surface area contributed by atoms with Crippen LogP contribution in [0.4, 0.5) is 0 Å². The van der Waals surface area contributed by atoms with Crippen molar-refractivity contribution >= 4 is 16.1 Å². The van der Waals surface area contributed by atoms with Gasteiger partial charge >= 0.3 is 0 Å². The topological polar surface area (TPSA) is 70.2 Å². The first-order valence-electron chi connectivity index (χ1n) is 6.97. The summed E-state index contributed by atoms with van der Waals surface area (Å²) in [5, 5.41) is 0. The number of morpholine rings is 1. The summed E-state index contributed by atoms with van der Waals surface area (Å²) in [6, 6.07) is 0. The number of hydrogen-bond acceptors (Lipinski definition) is 4. The van der Waals surface area contributed by atoms with Crippen LogP contribution in [0.15, 0.2) is 0 Å². The SMILES string of the molecule is CC(=O)N1CCN(S(=O)(=O)N2CC(C)OC(C)C2)CC1. The second-order valence-electron chi connectivity index (χ2n) is 5.49. The van der Waals surface area contributed by atoms with Crippen LogP contribution in [0.3, 0.4) is 0 Å². The Morgan fingerprint density at radius 2 is 1.50 bits per heavy atom. The van der Waals surface area contributed by atoms with E-state index >= 15 is 0 Å². The van der Waals surface area contributed by atoms with Gasteiger partial charge in [-0.2, -0.15) is 17.0 Å². The fourth-order valence-corrected chi connectivity index (χ4v) is 4.46. The number of carbonyl (C=O) groups excluding carboxylic acids is 1. The van der Waals surface area contributed by atoms with Crippen LogP contribution in [0.25, 0.3) is 0 Å². The number of hydrogen-bond donors (Lipinski definition) is 0. The molecule has 7 nitrogen and oxygen atoms in total. The fraction of sp³-hybridized carbons (Fsp3) is 0.917. The summed E-state index contributed by atoms with van der Waals surface area (Å²) in [5.74, 6) is -0.00401. The van der Waals surface area contributed by atoms with Gasteiger partial charge in [-0.15, -0.1) is 0 Å². The maximum absolute atomic E-state index is 12.6. The summed E-state index contributed by atoms with van der Waals surface area (Å²) in [4.78, 5) is 13.0. The molecule has 2 aliphatic rings. The van der Waals surface area contributed by atoms with Crippen LogP contribution in [0.1, 0.15) is 20.8 Å². The van der Waals surface area contributed by atoms with Gasteiger partial charge in [0, 0.05) is 46.2 Å². The highest BCUT2D eigenvalue weighted by atomic mass is 32.2. The third-order valence-corrected chi connectivity index (χ3v) is 5.69. The van der Waals surface area contributed by atoms with Crippen molar-refractivity contribution < 1.29 is 17.9 Å². The van der Waals surface area contributed by atoms with Crippen molar-refractivity contribution in [3.05, 3.63) is 0 Å². The van der Waals surface area contributed by atoms with Crippen LogP contribution >= 0.6 is 0 Å². The molecule has 20 heavy (non-hydrogen) atoms. The van der Waals surface area contributed by atoms with E-state index in [1.54, 1.807) is 4.90 Å². The molecular weight excluding hydrogens is 282 g/mol. The second-order valence-corrected chi connectivity index (χ2v) is 7.42. The molecule has 2 unspecified atom stereocenters. The molecular formula is C12H23N3O4S. The van der Waals surface area contributed by atoms with Gasteiger partial charge in [-0.1, -0.05) is 0 Å². The summed E-state index contributed by atoms with van der Waals surface area (Å²) in [5.41, 5.74) is 0. The number of piperazine rings is 1. The molecule has 2 saturated heterocycles. The van der Waals surface area contributed by atoms with Crippen LogP contribution in [-0.4, -0.2) is 79.3 Å². The maximum Gasteiger partial charge on any atom is 0.282 e. The third-order valence-electron chi connectivity index (χ3n) is 3.72. The average Bonchev–Trinajstić information content (AvgIpc) is 2.37. The van der Waals surface area contributed by atoms with Crippen molar-refractivity contribution in [1.82, 2.24) is 13.5 Å². The summed E-state index contributed by atoms with van der Waals surface area (Å²) >= 11 is 0. The zero-order valence-electron chi connectivity index (χ0n) is 12.3. The van der Waals surface area contributed by atoms with E-state index in [1.807, 2.05) is 13.8 Å². The number of ether oxygens (including phenoxy) is 1. The minimum Gasteiger partial charge on any atom is -0.373 e. The van der Waals surface area contributed by atoms with Gasteiger partial charge in [-0.05, 0) is 13.8 Å². The Bertz CT molecular complexity index is 449. The van der Waals surface area contributed by atoms with E-state index in [0.29, 0.717) is 39.3 Å². The van der Waals surface area contributed by atoms with Gasteiger partial charge in [-0.25, -0.2) is 0 Å². The maximum atomic E-state index is 12.6. The Morgan fingerprint density at radius 3 is 1.95 bits per heavy atom. The Kier molecular flexibility index (Phi) is 4.68. The molecule has 0 aromatic carbocycles. The normalized spacial score (nSPS) is 30.4. The monoisotopic (exact) mass is 305 g/mol. The highest BCUT2D eigenvalue weighted by Gasteiger charge is 2.36. The molecule has 0 aromatic rings. The van der Waals surface area contributed by atoms with E-state index in [1.165, 1.54) is 15.5 Å². The third kappa shape index (κ3) is 3.30. The van der Waals surface area contributed by atoms with Crippen molar-refractivity contribution in [1.29, 1.82) is 0 Å². The molecule has 2 heterocycles. The molecule has 2 atom stereocenters. The largest absolute Gasteiger partial charge is 0.373 e. The lowest BCUT2D eigenvalue weighted by Crippen LogP contribution is -2.57. The van der Waals surface area contributed by atoms with Crippen molar-refractivity contribution in [2.24, 2.45) is 0 Å². The Balaban J connectivity index is 2.02. The van der Waals surface area contributed by atoms with Crippen LogP contribution in [-0.2, 0) is 19.7 Å².